The molecule has 0 radical (unpaired) electrons. The Labute approximate surface area is 159 Å². The predicted octanol–water partition coefficient (Wildman–Crippen LogP) is 3.76. The smallest absolute Gasteiger partial charge is 0.416 e. The van der Waals surface area contributed by atoms with Gasteiger partial charge >= 0.3 is 12.1 Å². The number of carboxylic acids is 1. The van der Waals surface area contributed by atoms with Crippen molar-refractivity contribution < 1.29 is 32.6 Å². The molecule has 2 aromatic rings. The van der Waals surface area contributed by atoms with Crippen molar-refractivity contribution in [3.05, 3.63) is 64.7 Å². The lowest BCUT2D eigenvalue weighted by molar-refractivity contribution is -0.141. The van der Waals surface area contributed by atoms with Gasteiger partial charge in [0.1, 0.15) is 18.4 Å². The number of aliphatic carboxylic acids is 1. The maximum Gasteiger partial charge on any atom is 0.416 e. The molecule has 0 fully saturated rings. The van der Waals surface area contributed by atoms with Crippen LogP contribution in [0.1, 0.15) is 34.0 Å². The summed E-state index contributed by atoms with van der Waals surface area (Å²) in [6.45, 7) is 1.85. The monoisotopic (exact) mass is 393 g/mol. The second-order valence-electron chi connectivity index (χ2n) is 6.57. The predicted molar refractivity (Wildman–Crippen MR) is 94.1 cm³/mol. The minimum Gasteiger partial charge on any atom is -0.489 e. The third kappa shape index (κ3) is 4.11. The fourth-order valence-corrected chi connectivity index (χ4v) is 3.03. The van der Waals surface area contributed by atoms with Gasteiger partial charge in [0.25, 0.3) is 5.91 Å². The van der Waals surface area contributed by atoms with Gasteiger partial charge in [-0.1, -0.05) is 12.1 Å². The zero-order valence-corrected chi connectivity index (χ0v) is 15.0. The van der Waals surface area contributed by atoms with Crippen LogP contribution >= 0.6 is 0 Å². The molecule has 1 aliphatic heterocycles. The third-order valence-corrected chi connectivity index (χ3v) is 4.70. The summed E-state index contributed by atoms with van der Waals surface area (Å²) in [4.78, 5) is 24.9. The Balaban J connectivity index is 1.68. The van der Waals surface area contributed by atoms with Gasteiger partial charge in [-0.3, -0.25) is 4.79 Å². The summed E-state index contributed by atoms with van der Waals surface area (Å²) in [5, 5.41) is 9.11. The van der Waals surface area contributed by atoms with Crippen LogP contribution in [-0.2, 0) is 24.0 Å². The molecule has 3 rings (SSSR count). The van der Waals surface area contributed by atoms with E-state index in [-0.39, 0.29) is 12.5 Å². The largest absolute Gasteiger partial charge is 0.489 e. The van der Waals surface area contributed by atoms with Crippen molar-refractivity contribution in [1.29, 1.82) is 0 Å². The number of alkyl halides is 3. The molecule has 1 atom stereocenters. The molecule has 148 valence electrons. The number of rotatable bonds is 5. The minimum atomic E-state index is -4.38. The molecule has 1 amide bonds. The van der Waals surface area contributed by atoms with Gasteiger partial charge in [0.2, 0.25) is 0 Å². The number of amides is 1. The molecule has 2 aromatic carbocycles. The highest BCUT2D eigenvalue weighted by Gasteiger charge is 2.31. The summed E-state index contributed by atoms with van der Waals surface area (Å²) in [5.74, 6) is -0.912. The van der Waals surface area contributed by atoms with Gasteiger partial charge < -0.3 is 14.7 Å². The molecule has 1 aliphatic rings. The third-order valence-electron chi connectivity index (χ3n) is 4.70. The van der Waals surface area contributed by atoms with Crippen LogP contribution in [0.4, 0.5) is 13.2 Å². The Hall–Kier alpha value is -3.03. The number of carbonyl (C=O) groups excluding carboxylic acids is 1. The highest BCUT2D eigenvalue weighted by Crippen LogP contribution is 2.29. The second-order valence-corrected chi connectivity index (χ2v) is 6.57. The molecule has 5 nitrogen and oxygen atoms in total. The summed E-state index contributed by atoms with van der Waals surface area (Å²) in [6, 6.07) is 8.70. The van der Waals surface area contributed by atoms with Crippen molar-refractivity contribution in [3.8, 4) is 5.75 Å². The van der Waals surface area contributed by atoms with Crippen LogP contribution in [-0.4, -0.2) is 34.5 Å². The van der Waals surface area contributed by atoms with Gasteiger partial charge in [-0.05, 0) is 54.8 Å². The van der Waals surface area contributed by atoms with E-state index >= 15 is 0 Å². The first-order valence-corrected chi connectivity index (χ1v) is 8.62. The number of halogens is 3. The molecule has 0 spiro atoms. The topological polar surface area (TPSA) is 66.8 Å². The summed E-state index contributed by atoms with van der Waals surface area (Å²) >= 11 is 0. The van der Waals surface area contributed by atoms with Gasteiger partial charge in [0, 0.05) is 12.1 Å². The van der Waals surface area contributed by atoms with E-state index in [1.165, 1.54) is 24.0 Å². The van der Waals surface area contributed by atoms with E-state index in [0.717, 1.165) is 17.7 Å². The van der Waals surface area contributed by atoms with Crippen molar-refractivity contribution in [2.45, 2.75) is 32.2 Å². The van der Waals surface area contributed by atoms with E-state index in [9.17, 15) is 22.8 Å². The number of ether oxygens (including phenoxy) is 1. The van der Waals surface area contributed by atoms with E-state index in [1.54, 1.807) is 18.2 Å². The number of hydrogen-bond donors (Lipinski definition) is 1. The highest BCUT2D eigenvalue weighted by molar-refractivity contribution is 5.99. The van der Waals surface area contributed by atoms with Crippen LogP contribution < -0.4 is 4.74 Å². The normalized spacial score (nSPS) is 15.1. The molecule has 1 N–H and O–H groups in total. The Bertz CT molecular complexity index is 893. The van der Waals surface area contributed by atoms with Crippen LogP contribution in [0.15, 0.2) is 42.5 Å². The number of carboxylic acid groups (broad SMARTS) is 1. The van der Waals surface area contributed by atoms with Crippen molar-refractivity contribution >= 4 is 11.9 Å². The summed E-state index contributed by atoms with van der Waals surface area (Å²) < 4.78 is 43.4. The van der Waals surface area contributed by atoms with Crippen molar-refractivity contribution in [2.75, 3.05) is 6.54 Å². The van der Waals surface area contributed by atoms with E-state index in [1.807, 2.05) is 0 Å². The Morgan fingerprint density at radius 1 is 1.21 bits per heavy atom. The van der Waals surface area contributed by atoms with Crippen LogP contribution in [0.5, 0.6) is 5.75 Å². The molecule has 0 bridgehead atoms. The second kappa shape index (κ2) is 7.53. The molecule has 0 aliphatic carbocycles. The molecular weight excluding hydrogens is 375 g/mol. The van der Waals surface area contributed by atoms with Crippen LogP contribution in [0.3, 0.4) is 0 Å². The molecule has 1 heterocycles. The Kier molecular flexibility index (Phi) is 5.31. The van der Waals surface area contributed by atoms with Crippen molar-refractivity contribution in [1.82, 2.24) is 4.90 Å². The lowest BCUT2D eigenvalue weighted by Crippen LogP contribution is -2.46. The number of carbonyl (C=O) groups is 2. The zero-order chi connectivity index (χ0) is 20.5. The van der Waals surface area contributed by atoms with E-state index in [4.69, 9.17) is 9.84 Å². The first-order valence-electron chi connectivity index (χ1n) is 8.62. The highest BCUT2D eigenvalue weighted by atomic mass is 19.4. The standard InChI is InChI=1S/C20H18F3NO4/c1-12(19(26)27)24-9-8-14-10-16(6-7-17(14)18(24)25)28-11-13-2-4-15(5-3-13)20(21,22)23/h2-7,10,12H,8-9,11H2,1H3,(H,26,27). The fourth-order valence-electron chi connectivity index (χ4n) is 3.03. The number of hydrogen-bond acceptors (Lipinski definition) is 3. The van der Waals surface area contributed by atoms with Gasteiger partial charge in [-0.15, -0.1) is 0 Å². The van der Waals surface area contributed by atoms with Crippen LogP contribution in [0.2, 0.25) is 0 Å². The molecule has 28 heavy (non-hydrogen) atoms. The lowest BCUT2D eigenvalue weighted by atomic mass is 9.97. The molecule has 0 saturated heterocycles. The first kappa shape index (κ1) is 19.7. The van der Waals surface area contributed by atoms with Crippen molar-refractivity contribution in [3.63, 3.8) is 0 Å². The molecule has 0 saturated carbocycles. The quantitative estimate of drug-likeness (QED) is 0.840. The average molecular weight is 393 g/mol. The number of benzene rings is 2. The molecule has 8 heteroatoms. The summed E-state index contributed by atoms with van der Waals surface area (Å²) in [7, 11) is 0. The average Bonchev–Trinajstić information content (AvgIpc) is 2.65. The summed E-state index contributed by atoms with van der Waals surface area (Å²) in [6.07, 6.45) is -3.88. The Morgan fingerprint density at radius 3 is 2.50 bits per heavy atom. The maximum atomic E-state index is 12.6. The van der Waals surface area contributed by atoms with Gasteiger partial charge in [-0.2, -0.15) is 13.2 Å². The number of fused-ring (bicyclic) bond motifs is 1. The van der Waals surface area contributed by atoms with Crippen LogP contribution in [0.25, 0.3) is 0 Å². The van der Waals surface area contributed by atoms with Crippen molar-refractivity contribution in [2.24, 2.45) is 0 Å². The summed E-state index contributed by atoms with van der Waals surface area (Å²) in [5.41, 5.74) is 1.05. The fraction of sp³-hybridized carbons (Fsp3) is 0.300. The molecule has 1 unspecified atom stereocenters. The van der Waals surface area contributed by atoms with Crippen LogP contribution in [0, 0.1) is 0 Å². The van der Waals surface area contributed by atoms with Gasteiger partial charge in [0.05, 0.1) is 5.56 Å². The molecule has 0 aromatic heterocycles. The van der Waals surface area contributed by atoms with E-state index < -0.39 is 23.8 Å². The van der Waals surface area contributed by atoms with E-state index in [0.29, 0.717) is 29.8 Å². The minimum absolute atomic E-state index is 0.0903. The van der Waals surface area contributed by atoms with Gasteiger partial charge in [-0.25, -0.2) is 4.79 Å². The first-order chi connectivity index (χ1) is 13.2. The van der Waals surface area contributed by atoms with E-state index in [2.05, 4.69) is 0 Å². The molecular formula is C20H18F3NO4. The number of nitrogens with zero attached hydrogens (tertiary/aromatic N) is 1. The Morgan fingerprint density at radius 2 is 1.89 bits per heavy atom. The SMILES string of the molecule is CC(C(=O)O)N1CCc2cc(OCc3ccc(C(F)(F)F)cc3)ccc2C1=O. The lowest BCUT2D eigenvalue weighted by Gasteiger charge is -2.31. The van der Waals surface area contributed by atoms with Gasteiger partial charge in [0.15, 0.2) is 0 Å². The maximum absolute atomic E-state index is 12.6. The zero-order valence-electron chi connectivity index (χ0n) is 15.0.